The largest absolute Gasteiger partial charge is 0.379 e. The number of anilines is 3. The maximum Gasteiger partial charge on any atom is 0.240 e. The molecule has 0 saturated heterocycles. The van der Waals surface area contributed by atoms with E-state index in [0.717, 1.165) is 11.1 Å². The molecule has 27 heavy (non-hydrogen) atoms. The Morgan fingerprint density at radius 2 is 1.67 bits per heavy atom. The number of halogens is 1. The standard InChI is InChI=1S/C20H20ClN3O2S/c1-14-11-18(23-13-15-5-3-2-4-6-15)20(19(12-14)27(22,25)26)24-17-9-7-16(21)8-10-17/h2-12,23-24H,13H2,1H3,(H2,22,25,26). The molecule has 3 aromatic rings. The van der Waals surface area contributed by atoms with Crippen molar-refractivity contribution in [2.75, 3.05) is 10.6 Å². The van der Waals surface area contributed by atoms with Gasteiger partial charge in [-0.25, -0.2) is 13.6 Å². The molecule has 0 aromatic heterocycles. The Kier molecular flexibility index (Phi) is 5.70. The second kappa shape index (κ2) is 8.00. The average Bonchev–Trinajstić information content (AvgIpc) is 2.63. The van der Waals surface area contributed by atoms with Gasteiger partial charge in [-0.3, -0.25) is 0 Å². The van der Waals surface area contributed by atoms with E-state index in [2.05, 4.69) is 10.6 Å². The zero-order valence-electron chi connectivity index (χ0n) is 14.7. The minimum absolute atomic E-state index is 0.0352. The van der Waals surface area contributed by atoms with Crippen LogP contribution in [0.1, 0.15) is 11.1 Å². The fourth-order valence-corrected chi connectivity index (χ4v) is 3.64. The van der Waals surface area contributed by atoms with E-state index < -0.39 is 10.0 Å². The van der Waals surface area contributed by atoms with E-state index in [9.17, 15) is 8.42 Å². The van der Waals surface area contributed by atoms with Crippen LogP contribution >= 0.6 is 11.6 Å². The monoisotopic (exact) mass is 401 g/mol. The van der Waals surface area contributed by atoms with Crippen molar-refractivity contribution in [2.24, 2.45) is 5.14 Å². The Morgan fingerprint density at radius 1 is 1.00 bits per heavy atom. The van der Waals surface area contributed by atoms with Gasteiger partial charge >= 0.3 is 0 Å². The van der Waals surface area contributed by atoms with E-state index in [1.807, 2.05) is 43.3 Å². The molecule has 0 unspecified atom stereocenters. The van der Waals surface area contributed by atoms with E-state index in [1.54, 1.807) is 30.3 Å². The highest BCUT2D eigenvalue weighted by atomic mass is 35.5. The fourth-order valence-electron chi connectivity index (χ4n) is 2.72. The third kappa shape index (κ3) is 5.01. The van der Waals surface area contributed by atoms with Gasteiger partial charge in [0.1, 0.15) is 4.90 Å². The minimum Gasteiger partial charge on any atom is -0.379 e. The molecule has 0 atom stereocenters. The molecule has 0 fully saturated rings. The van der Waals surface area contributed by atoms with Crippen molar-refractivity contribution >= 4 is 38.7 Å². The summed E-state index contributed by atoms with van der Waals surface area (Å²) in [5.41, 5.74) is 3.62. The smallest absolute Gasteiger partial charge is 0.240 e. The topological polar surface area (TPSA) is 84.2 Å². The summed E-state index contributed by atoms with van der Waals surface area (Å²) >= 11 is 5.93. The van der Waals surface area contributed by atoms with Crippen LogP contribution in [0.2, 0.25) is 5.02 Å². The lowest BCUT2D eigenvalue weighted by atomic mass is 10.1. The number of benzene rings is 3. The highest BCUT2D eigenvalue weighted by molar-refractivity contribution is 7.89. The predicted molar refractivity (Wildman–Crippen MR) is 111 cm³/mol. The summed E-state index contributed by atoms with van der Waals surface area (Å²) < 4.78 is 24.3. The van der Waals surface area contributed by atoms with E-state index in [-0.39, 0.29) is 4.90 Å². The van der Waals surface area contributed by atoms with E-state index >= 15 is 0 Å². The SMILES string of the molecule is Cc1cc(NCc2ccccc2)c(Nc2ccc(Cl)cc2)c(S(N)(=O)=O)c1. The van der Waals surface area contributed by atoms with Crippen LogP contribution in [-0.2, 0) is 16.6 Å². The summed E-state index contributed by atoms with van der Waals surface area (Å²) in [5, 5.41) is 12.5. The lowest BCUT2D eigenvalue weighted by Gasteiger charge is -2.18. The molecule has 0 heterocycles. The maximum atomic E-state index is 12.2. The van der Waals surface area contributed by atoms with Gasteiger partial charge in [0.15, 0.2) is 0 Å². The molecule has 0 saturated carbocycles. The van der Waals surface area contributed by atoms with Crippen molar-refractivity contribution in [3.63, 3.8) is 0 Å². The molecule has 3 aromatic carbocycles. The van der Waals surface area contributed by atoms with Crippen LogP contribution in [0.25, 0.3) is 0 Å². The number of sulfonamides is 1. The summed E-state index contributed by atoms with van der Waals surface area (Å²) in [7, 11) is -3.92. The zero-order chi connectivity index (χ0) is 19.4. The van der Waals surface area contributed by atoms with Gasteiger partial charge < -0.3 is 10.6 Å². The normalized spacial score (nSPS) is 11.2. The van der Waals surface area contributed by atoms with Crippen LogP contribution in [0.5, 0.6) is 0 Å². The van der Waals surface area contributed by atoms with E-state index in [1.165, 1.54) is 0 Å². The number of hydrogen-bond donors (Lipinski definition) is 3. The van der Waals surface area contributed by atoms with E-state index in [4.69, 9.17) is 16.7 Å². The highest BCUT2D eigenvalue weighted by Gasteiger charge is 2.19. The van der Waals surface area contributed by atoms with Gasteiger partial charge in [0.25, 0.3) is 0 Å². The van der Waals surface area contributed by atoms with Gasteiger partial charge in [-0.2, -0.15) is 0 Å². The highest BCUT2D eigenvalue weighted by Crippen LogP contribution is 2.34. The van der Waals surface area contributed by atoms with Crippen LogP contribution in [0.4, 0.5) is 17.1 Å². The molecule has 4 N–H and O–H groups in total. The van der Waals surface area contributed by atoms with Crippen LogP contribution in [0.3, 0.4) is 0 Å². The molecule has 0 aliphatic heterocycles. The molecule has 3 rings (SSSR count). The van der Waals surface area contributed by atoms with Crippen LogP contribution < -0.4 is 15.8 Å². The Morgan fingerprint density at radius 3 is 2.30 bits per heavy atom. The molecule has 0 spiro atoms. The van der Waals surface area contributed by atoms with Crippen molar-refractivity contribution in [3.8, 4) is 0 Å². The zero-order valence-corrected chi connectivity index (χ0v) is 16.3. The predicted octanol–water partition coefficient (Wildman–Crippen LogP) is 4.65. The Balaban J connectivity index is 2.02. The van der Waals surface area contributed by atoms with Crippen LogP contribution in [0.15, 0.2) is 71.6 Å². The summed E-state index contributed by atoms with van der Waals surface area (Å²) in [6.07, 6.45) is 0. The van der Waals surface area contributed by atoms with Gasteiger partial charge in [-0.1, -0.05) is 41.9 Å². The third-order valence-corrected chi connectivity index (χ3v) is 5.18. The number of nitrogens with one attached hydrogen (secondary N) is 2. The Bertz CT molecular complexity index is 1040. The molecule has 0 aliphatic carbocycles. The molecular weight excluding hydrogens is 382 g/mol. The van der Waals surface area contributed by atoms with Crippen molar-refractivity contribution in [1.82, 2.24) is 0 Å². The van der Waals surface area contributed by atoms with Crippen molar-refractivity contribution in [3.05, 3.63) is 82.9 Å². The quantitative estimate of drug-likeness (QED) is 0.561. The van der Waals surface area contributed by atoms with Gasteiger partial charge in [-0.05, 0) is 54.4 Å². The molecule has 5 nitrogen and oxygen atoms in total. The summed E-state index contributed by atoms with van der Waals surface area (Å²) in [6.45, 7) is 2.37. The van der Waals surface area contributed by atoms with E-state index in [0.29, 0.717) is 28.6 Å². The summed E-state index contributed by atoms with van der Waals surface area (Å²) in [4.78, 5) is 0.0352. The summed E-state index contributed by atoms with van der Waals surface area (Å²) in [6, 6.07) is 20.3. The van der Waals surface area contributed by atoms with Gasteiger partial charge in [-0.15, -0.1) is 0 Å². The number of aryl methyl sites for hydroxylation is 1. The number of primary sulfonamides is 1. The van der Waals surface area contributed by atoms with Gasteiger partial charge in [0.2, 0.25) is 10.0 Å². The van der Waals surface area contributed by atoms with Gasteiger partial charge in [0, 0.05) is 17.3 Å². The van der Waals surface area contributed by atoms with Crippen LogP contribution in [0, 0.1) is 6.92 Å². The first-order valence-corrected chi connectivity index (χ1v) is 10.2. The lowest BCUT2D eigenvalue weighted by Crippen LogP contribution is -2.16. The lowest BCUT2D eigenvalue weighted by molar-refractivity contribution is 0.598. The first kappa shape index (κ1) is 19.2. The third-order valence-electron chi connectivity index (χ3n) is 3.99. The van der Waals surface area contributed by atoms with Crippen LogP contribution in [-0.4, -0.2) is 8.42 Å². The maximum absolute atomic E-state index is 12.2. The molecule has 0 bridgehead atoms. The van der Waals surface area contributed by atoms with Crippen molar-refractivity contribution in [1.29, 1.82) is 0 Å². The average molecular weight is 402 g/mol. The Hall–Kier alpha value is -2.54. The Labute approximate surface area is 164 Å². The second-order valence-corrected chi connectivity index (χ2v) is 8.17. The van der Waals surface area contributed by atoms with Crippen molar-refractivity contribution in [2.45, 2.75) is 18.4 Å². The molecule has 7 heteroatoms. The molecule has 0 aliphatic rings. The molecular formula is C20H20ClN3O2S. The first-order chi connectivity index (χ1) is 12.8. The van der Waals surface area contributed by atoms with Gasteiger partial charge in [0.05, 0.1) is 11.4 Å². The molecule has 0 amide bonds. The number of rotatable bonds is 6. The number of hydrogen-bond acceptors (Lipinski definition) is 4. The first-order valence-electron chi connectivity index (χ1n) is 8.31. The second-order valence-electron chi connectivity index (χ2n) is 6.20. The fraction of sp³-hybridized carbons (Fsp3) is 0.100. The summed E-state index contributed by atoms with van der Waals surface area (Å²) in [5.74, 6) is 0. The minimum atomic E-state index is -3.92. The number of nitrogens with two attached hydrogens (primary N) is 1. The molecule has 0 radical (unpaired) electrons. The van der Waals surface area contributed by atoms with Crippen molar-refractivity contribution < 1.29 is 8.42 Å². The molecule has 140 valence electrons.